The summed E-state index contributed by atoms with van der Waals surface area (Å²) in [5.41, 5.74) is 1.46. The summed E-state index contributed by atoms with van der Waals surface area (Å²) in [7, 11) is 0. The zero-order valence-electron chi connectivity index (χ0n) is 9.95. The van der Waals surface area contributed by atoms with E-state index in [0.717, 1.165) is 0 Å². The Bertz CT molecular complexity index is 273. The highest BCUT2D eigenvalue weighted by Gasteiger charge is 2.17. The zero-order chi connectivity index (χ0) is 11.1. The Kier molecular flexibility index (Phi) is 5.17. The van der Waals surface area contributed by atoms with Crippen LogP contribution in [0.5, 0.6) is 0 Å². The van der Waals surface area contributed by atoms with Crippen LogP contribution in [0.3, 0.4) is 0 Å². The standard InChI is InChI=1S/C15H22/c1-4-10-15(13(5-2)6-3)14-11-8-7-9-12-14/h5,7-9,11-13,15H,2,4,6,10H2,1,3H3/t13-,15+/m1/s1. The van der Waals surface area contributed by atoms with Crippen molar-refractivity contribution in [2.24, 2.45) is 5.92 Å². The molecule has 0 fully saturated rings. The fourth-order valence-electron chi connectivity index (χ4n) is 2.25. The van der Waals surface area contributed by atoms with E-state index in [1.807, 2.05) is 0 Å². The largest absolute Gasteiger partial charge is 0.103 e. The Morgan fingerprint density at radius 2 is 1.87 bits per heavy atom. The van der Waals surface area contributed by atoms with E-state index in [9.17, 15) is 0 Å². The van der Waals surface area contributed by atoms with E-state index < -0.39 is 0 Å². The number of rotatable bonds is 6. The maximum absolute atomic E-state index is 3.96. The van der Waals surface area contributed by atoms with Gasteiger partial charge in [-0.2, -0.15) is 0 Å². The van der Waals surface area contributed by atoms with Crippen LogP contribution in [-0.4, -0.2) is 0 Å². The number of allylic oxidation sites excluding steroid dienone is 1. The summed E-state index contributed by atoms with van der Waals surface area (Å²) >= 11 is 0. The summed E-state index contributed by atoms with van der Waals surface area (Å²) < 4.78 is 0. The normalized spacial score (nSPS) is 14.5. The zero-order valence-corrected chi connectivity index (χ0v) is 9.95. The monoisotopic (exact) mass is 202 g/mol. The fraction of sp³-hybridized carbons (Fsp3) is 0.467. The van der Waals surface area contributed by atoms with Gasteiger partial charge >= 0.3 is 0 Å². The molecule has 1 aromatic rings. The molecule has 0 aromatic heterocycles. The molecule has 0 nitrogen and oxygen atoms in total. The van der Waals surface area contributed by atoms with Crippen molar-refractivity contribution in [1.82, 2.24) is 0 Å². The number of hydrogen-bond acceptors (Lipinski definition) is 0. The molecule has 0 aliphatic heterocycles. The van der Waals surface area contributed by atoms with Gasteiger partial charge in [0.1, 0.15) is 0 Å². The second-order valence-electron chi connectivity index (χ2n) is 4.11. The summed E-state index contributed by atoms with van der Waals surface area (Å²) in [6, 6.07) is 10.8. The topological polar surface area (TPSA) is 0 Å². The summed E-state index contributed by atoms with van der Waals surface area (Å²) in [5.74, 6) is 1.27. The van der Waals surface area contributed by atoms with Crippen molar-refractivity contribution in [3.63, 3.8) is 0 Å². The van der Waals surface area contributed by atoms with E-state index in [2.05, 4.69) is 56.8 Å². The Balaban J connectivity index is 2.86. The molecule has 1 aromatic carbocycles. The molecule has 0 heteroatoms. The van der Waals surface area contributed by atoms with Gasteiger partial charge in [0.2, 0.25) is 0 Å². The molecule has 82 valence electrons. The van der Waals surface area contributed by atoms with Gasteiger partial charge in [-0.05, 0) is 30.2 Å². The van der Waals surface area contributed by atoms with Gasteiger partial charge in [-0.25, -0.2) is 0 Å². The summed E-state index contributed by atoms with van der Waals surface area (Å²) in [6.07, 6.45) is 5.80. The van der Waals surface area contributed by atoms with Crippen LogP contribution < -0.4 is 0 Å². The lowest BCUT2D eigenvalue weighted by Crippen LogP contribution is -2.09. The summed E-state index contributed by atoms with van der Waals surface area (Å²) in [5, 5.41) is 0. The summed E-state index contributed by atoms with van der Waals surface area (Å²) in [6.45, 7) is 8.46. The van der Waals surface area contributed by atoms with Gasteiger partial charge in [0.25, 0.3) is 0 Å². The molecule has 0 saturated carbocycles. The molecule has 0 amide bonds. The molecule has 1 rings (SSSR count). The average molecular weight is 202 g/mol. The van der Waals surface area contributed by atoms with Crippen molar-refractivity contribution in [3.05, 3.63) is 48.6 Å². The van der Waals surface area contributed by atoms with Crippen molar-refractivity contribution in [2.45, 2.75) is 39.0 Å². The molecular formula is C15H22. The van der Waals surface area contributed by atoms with Gasteiger partial charge in [0.15, 0.2) is 0 Å². The third kappa shape index (κ3) is 3.23. The predicted octanol–water partition coefficient (Wildman–Crippen LogP) is 4.78. The molecule has 2 atom stereocenters. The highest BCUT2D eigenvalue weighted by atomic mass is 14.2. The highest BCUT2D eigenvalue weighted by Crippen LogP contribution is 2.31. The van der Waals surface area contributed by atoms with Crippen LogP contribution >= 0.6 is 0 Å². The van der Waals surface area contributed by atoms with Gasteiger partial charge in [0.05, 0.1) is 0 Å². The Morgan fingerprint density at radius 1 is 1.20 bits per heavy atom. The SMILES string of the molecule is C=C[C@H](CC)[C@H](CCC)c1ccccc1. The van der Waals surface area contributed by atoms with Crippen LogP contribution in [0.1, 0.15) is 44.6 Å². The van der Waals surface area contributed by atoms with Gasteiger partial charge < -0.3 is 0 Å². The van der Waals surface area contributed by atoms with E-state index in [1.54, 1.807) is 0 Å². The maximum atomic E-state index is 3.96. The average Bonchev–Trinajstić information content (AvgIpc) is 2.30. The van der Waals surface area contributed by atoms with Gasteiger partial charge in [0, 0.05) is 0 Å². The van der Waals surface area contributed by atoms with Crippen molar-refractivity contribution >= 4 is 0 Å². The van der Waals surface area contributed by atoms with E-state index in [1.165, 1.54) is 24.8 Å². The molecule has 0 bridgehead atoms. The Morgan fingerprint density at radius 3 is 2.33 bits per heavy atom. The third-order valence-corrected chi connectivity index (χ3v) is 3.12. The van der Waals surface area contributed by atoms with E-state index in [-0.39, 0.29) is 0 Å². The van der Waals surface area contributed by atoms with Gasteiger partial charge in [-0.3, -0.25) is 0 Å². The first-order chi connectivity index (χ1) is 7.33. The first kappa shape index (κ1) is 12.0. The van der Waals surface area contributed by atoms with Crippen molar-refractivity contribution in [3.8, 4) is 0 Å². The molecule has 0 N–H and O–H groups in total. The fourth-order valence-corrected chi connectivity index (χ4v) is 2.25. The van der Waals surface area contributed by atoms with Crippen molar-refractivity contribution in [2.75, 3.05) is 0 Å². The molecule has 0 aliphatic rings. The quantitative estimate of drug-likeness (QED) is 0.582. The third-order valence-electron chi connectivity index (χ3n) is 3.12. The summed E-state index contributed by atoms with van der Waals surface area (Å²) in [4.78, 5) is 0. The molecule has 0 aliphatic carbocycles. The second-order valence-corrected chi connectivity index (χ2v) is 4.11. The molecule has 0 saturated heterocycles. The van der Waals surface area contributed by atoms with E-state index in [0.29, 0.717) is 11.8 Å². The van der Waals surface area contributed by atoms with Crippen LogP contribution in [0.15, 0.2) is 43.0 Å². The second kappa shape index (κ2) is 6.44. The van der Waals surface area contributed by atoms with Crippen LogP contribution in [-0.2, 0) is 0 Å². The predicted molar refractivity (Wildman–Crippen MR) is 68.1 cm³/mol. The van der Waals surface area contributed by atoms with Crippen LogP contribution in [0.25, 0.3) is 0 Å². The lowest BCUT2D eigenvalue weighted by Gasteiger charge is -2.23. The van der Waals surface area contributed by atoms with E-state index in [4.69, 9.17) is 0 Å². The molecule has 0 spiro atoms. The number of hydrogen-bond donors (Lipinski definition) is 0. The van der Waals surface area contributed by atoms with Gasteiger partial charge in [-0.15, -0.1) is 6.58 Å². The molecular weight excluding hydrogens is 180 g/mol. The van der Waals surface area contributed by atoms with Crippen LogP contribution in [0.4, 0.5) is 0 Å². The first-order valence-electron chi connectivity index (χ1n) is 6.00. The minimum absolute atomic E-state index is 0.618. The minimum Gasteiger partial charge on any atom is -0.103 e. The maximum Gasteiger partial charge on any atom is -0.00993 e. The number of benzene rings is 1. The van der Waals surface area contributed by atoms with Crippen LogP contribution in [0, 0.1) is 5.92 Å². The molecule has 15 heavy (non-hydrogen) atoms. The Labute approximate surface area is 94.0 Å². The minimum atomic E-state index is 0.618. The van der Waals surface area contributed by atoms with Gasteiger partial charge in [-0.1, -0.05) is 56.7 Å². The van der Waals surface area contributed by atoms with E-state index >= 15 is 0 Å². The lowest BCUT2D eigenvalue weighted by molar-refractivity contribution is 0.460. The molecule has 0 unspecified atom stereocenters. The highest BCUT2D eigenvalue weighted by molar-refractivity contribution is 5.21. The lowest BCUT2D eigenvalue weighted by atomic mass is 9.81. The smallest absolute Gasteiger partial charge is 0.00993 e. The van der Waals surface area contributed by atoms with Crippen molar-refractivity contribution in [1.29, 1.82) is 0 Å². The molecule has 0 heterocycles. The molecule has 0 radical (unpaired) electrons. The first-order valence-corrected chi connectivity index (χ1v) is 6.00. The van der Waals surface area contributed by atoms with Crippen LogP contribution in [0.2, 0.25) is 0 Å². The van der Waals surface area contributed by atoms with Crippen molar-refractivity contribution < 1.29 is 0 Å². The Hall–Kier alpha value is -1.04.